The number of carbonyl (C=O) groups is 2. The van der Waals surface area contributed by atoms with Crippen molar-refractivity contribution in [1.82, 2.24) is 5.32 Å². The van der Waals surface area contributed by atoms with Gasteiger partial charge in [-0.3, -0.25) is 9.59 Å². The smallest absolute Gasteiger partial charge is 0.313 e. The van der Waals surface area contributed by atoms with Gasteiger partial charge in [-0.2, -0.15) is 0 Å². The Kier molecular flexibility index (Phi) is 4.76. The minimum absolute atomic E-state index is 0.152. The number of hydrogen-bond acceptors (Lipinski definition) is 2. The van der Waals surface area contributed by atoms with Gasteiger partial charge in [0.05, 0.1) is 5.69 Å². The summed E-state index contributed by atoms with van der Waals surface area (Å²) >= 11 is 0. The molecular weight excluding hydrogens is 242 g/mol. The number of amides is 2. The molecule has 18 heavy (non-hydrogen) atoms. The van der Waals surface area contributed by atoms with E-state index in [2.05, 4.69) is 10.6 Å². The number of carbonyl (C=O) groups excluding carboxylic acids is 2. The predicted molar refractivity (Wildman–Crippen MR) is 62.9 cm³/mol. The topological polar surface area (TPSA) is 58.2 Å². The third kappa shape index (κ3) is 3.80. The van der Waals surface area contributed by atoms with Crippen LogP contribution in [0.15, 0.2) is 18.2 Å². The molecule has 1 rings (SSSR count). The first-order valence-corrected chi connectivity index (χ1v) is 5.51. The summed E-state index contributed by atoms with van der Waals surface area (Å²) in [6.07, 6.45) is 0.671. The first kappa shape index (κ1) is 14.1. The lowest BCUT2D eigenvalue weighted by atomic mass is 10.2. The minimum atomic E-state index is -0.985. The largest absolute Gasteiger partial charge is 0.345 e. The van der Waals surface area contributed by atoms with Crippen LogP contribution in [0.5, 0.6) is 0 Å². The summed E-state index contributed by atoms with van der Waals surface area (Å²) in [5.41, 5.74) is -0.235. The third-order valence-electron chi connectivity index (χ3n) is 2.38. The maximum atomic E-state index is 13.2. The molecule has 1 atom stereocenters. The molecule has 0 aliphatic heterocycles. The normalized spacial score (nSPS) is 11.8. The molecule has 0 saturated carbocycles. The second-order valence-electron chi connectivity index (χ2n) is 3.86. The van der Waals surface area contributed by atoms with Crippen molar-refractivity contribution in [2.45, 2.75) is 26.3 Å². The molecule has 0 spiro atoms. The van der Waals surface area contributed by atoms with Crippen LogP contribution in [-0.4, -0.2) is 17.9 Å². The molecule has 0 fully saturated rings. The molecule has 0 radical (unpaired) electrons. The highest BCUT2D eigenvalue weighted by Crippen LogP contribution is 2.14. The molecule has 98 valence electrons. The van der Waals surface area contributed by atoms with Crippen molar-refractivity contribution in [2.24, 2.45) is 0 Å². The zero-order chi connectivity index (χ0) is 13.7. The number of nitrogens with one attached hydrogen (secondary N) is 2. The van der Waals surface area contributed by atoms with Gasteiger partial charge in [-0.1, -0.05) is 6.92 Å². The first-order chi connectivity index (χ1) is 8.43. The molecule has 0 aliphatic rings. The van der Waals surface area contributed by atoms with Gasteiger partial charge in [-0.15, -0.1) is 0 Å². The van der Waals surface area contributed by atoms with Crippen LogP contribution in [0.25, 0.3) is 0 Å². The zero-order valence-corrected chi connectivity index (χ0v) is 10.1. The Morgan fingerprint density at radius 2 is 1.94 bits per heavy atom. The van der Waals surface area contributed by atoms with Crippen molar-refractivity contribution in [2.75, 3.05) is 5.32 Å². The summed E-state index contributed by atoms with van der Waals surface area (Å²) in [5.74, 6) is -3.52. The molecular formula is C12H14F2N2O2. The average molecular weight is 256 g/mol. The van der Waals surface area contributed by atoms with E-state index in [4.69, 9.17) is 0 Å². The lowest BCUT2D eigenvalue weighted by Crippen LogP contribution is -2.40. The lowest BCUT2D eigenvalue weighted by Gasteiger charge is -2.11. The maximum absolute atomic E-state index is 13.2. The average Bonchev–Trinajstić information content (AvgIpc) is 2.32. The molecule has 1 aromatic rings. The summed E-state index contributed by atoms with van der Waals surface area (Å²) in [4.78, 5) is 22.8. The predicted octanol–water partition coefficient (Wildman–Crippen LogP) is 1.82. The Morgan fingerprint density at radius 3 is 2.50 bits per heavy atom. The second kappa shape index (κ2) is 6.09. The van der Waals surface area contributed by atoms with Gasteiger partial charge in [0.2, 0.25) is 0 Å². The SMILES string of the molecule is CC[C@@H](C)NC(=O)C(=O)Nc1ccc(F)cc1F. The van der Waals surface area contributed by atoms with E-state index >= 15 is 0 Å². The Bertz CT molecular complexity index is 463. The Morgan fingerprint density at radius 1 is 1.28 bits per heavy atom. The fourth-order valence-corrected chi connectivity index (χ4v) is 1.16. The first-order valence-electron chi connectivity index (χ1n) is 5.51. The van der Waals surface area contributed by atoms with E-state index in [1.54, 1.807) is 6.92 Å². The molecule has 2 N–H and O–H groups in total. The maximum Gasteiger partial charge on any atom is 0.313 e. The number of halogens is 2. The summed E-state index contributed by atoms with van der Waals surface area (Å²) in [5, 5.41) is 4.51. The van der Waals surface area contributed by atoms with E-state index in [0.717, 1.165) is 12.1 Å². The van der Waals surface area contributed by atoms with Crippen molar-refractivity contribution in [3.63, 3.8) is 0 Å². The van der Waals surface area contributed by atoms with E-state index in [0.29, 0.717) is 12.5 Å². The second-order valence-corrected chi connectivity index (χ2v) is 3.86. The summed E-state index contributed by atoms with van der Waals surface area (Å²) < 4.78 is 25.8. The fraction of sp³-hybridized carbons (Fsp3) is 0.333. The Balaban J connectivity index is 2.67. The molecule has 0 aromatic heterocycles. The molecule has 2 amide bonds. The molecule has 1 aromatic carbocycles. The molecule has 0 saturated heterocycles. The number of hydrogen-bond donors (Lipinski definition) is 2. The summed E-state index contributed by atoms with van der Waals surface area (Å²) in [7, 11) is 0. The van der Waals surface area contributed by atoms with Crippen LogP contribution in [0.4, 0.5) is 14.5 Å². The van der Waals surface area contributed by atoms with Crippen LogP contribution in [0, 0.1) is 11.6 Å². The van der Waals surface area contributed by atoms with Gasteiger partial charge < -0.3 is 10.6 Å². The van der Waals surface area contributed by atoms with E-state index < -0.39 is 23.4 Å². The third-order valence-corrected chi connectivity index (χ3v) is 2.38. The van der Waals surface area contributed by atoms with Crippen LogP contribution >= 0.6 is 0 Å². The van der Waals surface area contributed by atoms with Gasteiger partial charge in [0, 0.05) is 12.1 Å². The monoisotopic (exact) mass is 256 g/mol. The van der Waals surface area contributed by atoms with Crippen LogP contribution in [0.2, 0.25) is 0 Å². The fourth-order valence-electron chi connectivity index (χ4n) is 1.16. The number of rotatable bonds is 3. The van der Waals surface area contributed by atoms with E-state index in [-0.39, 0.29) is 11.7 Å². The van der Waals surface area contributed by atoms with Crippen LogP contribution in [0.1, 0.15) is 20.3 Å². The highest BCUT2D eigenvalue weighted by Gasteiger charge is 2.17. The Labute approximate surface area is 103 Å². The minimum Gasteiger partial charge on any atom is -0.345 e. The van der Waals surface area contributed by atoms with Gasteiger partial charge >= 0.3 is 11.8 Å². The van der Waals surface area contributed by atoms with Crippen LogP contribution in [-0.2, 0) is 9.59 Å². The molecule has 0 bridgehead atoms. The van der Waals surface area contributed by atoms with Crippen LogP contribution in [0.3, 0.4) is 0 Å². The molecule has 4 nitrogen and oxygen atoms in total. The molecule has 0 unspecified atom stereocenters. The molecule has 0 heterocycles. The summed E-state index contributed by atoms with van der Waals surface area (Å²) in [6.45, 7) is 3.59. The number of anilines is 1. The van der Waals surface area contributed by atoms with Gasteiger partial charge in [0.1, 0.15) is 11.6 Å². The van der Waals surface area contributed by atoms with Crippen molar-refractivity contribution < 1.29 is 18.4 Å². The number of benzene rings is 1. The molecule has 0 aliphatic carbocycles. The van der Waals surface area contributed by atoms with Gasteiger partial charge in [0.25, 0.3) is 0 Å². The lowest BCUT2D eigenvalue weighted by molar-refractivity contribution is -0.136. The van der Waals surface area contributed by atoms with E-state index in [1.165, 1.54) is 0 Å². The molecule has 6 heteroatoms. The summed E-state index contributed by atoms with van der Waals surface area (Å²) in [6, 6.07) is 2.52. The Hall–Kier alpha value is -1.98. The zero-order valence-electron chi connectivity index (χ0n) is 10.1. The highest BCUT2D eigenvalue weighted by molar-refractivity contribution is 6.39. The standard InChI is InChI=1S/C12H14F2N2O2/c1-3-7(2)15-11(17)12(18)16-10-5-4-8(13)6-9(10)14/h4-7H,3H2,1-2H3,(H,15,17)(H,16,18)/t7-/m1/s1. The van der Waals surface area contributed by atoms with Crippen LogP contribution < -0.4 is 10.6 Å². The van der Waals surface area contributed by atoms with Gasteiger partial charge in [-0.25, -0.2) is 8.78 Å². The van der Waals surface area contributed by atoms with Gasteiger partial charge in [0.15, 0.2) is 0 Å². The van der Waals surface area contributed by atoms with Crippen molar-refractivity contribution in [1.29, 1.82) is 0 Å². The highest BCUT2D eigenvalue weighted by atomic mass is 19.1. The van der Waals surface area contributed by atoms with Crippen molar-refractivity contribution in [3.8, 4) is 0 Å². The quantitative estimate of drug-likeness (QED) is 0.810. The van der Waals surface area contributed by atoms with Crippen molar-refractivity contribution >= 4 is 17.5 Å². The van der Waals surface area contributed by atoms with Gasteiger partial charge in [-0.05, 0) is 25.5 Å². The van der Waals surface area contributed by atoms with E-state index in [9.17, 15) is 18.4 Å². The van der Waals surface area contributed by atoms with Crippen molar-refractivity contribution in [3.05, 3.63) is 29.8 Å². The van der Waals surface area contributed by atoms with E-state index in [1.807, 2.05) is 6.92 Å².